The molecule has 1 fully saturated rings. The molecule has 1 saturated heterocycles. The molecule has 2 rings (SSSR count). The third-order valence-electron chi connectivity index (χ3n) is 2.80. The van der Waals surface area contributed by atoms with E-state index in [4.69, 9.17) is 10.5 Å². The van der Waals surface area contributed by atoms with Crippen LogP contribution in [-0.4, -0.2) is 22.9 Å². The molecule has 0 amide bonds. The number of ether oxygens (including phenoxy) is 1. The minimum atomic E-state index is -0.419. The molecule has 1 aromatic carbocycles. The van der Waals surface area contributed by atoms with Crippen molar-refractivity contribution in [2.45, 2.75) is 29.6 Å². The second-order valence-corrected chi connectivity index (χ2v) is 5.25. The van der Waals surface area contributed by atoms with Crippen LogP contribution >= 0.6 is 11.8 Å². The van der Waals surface area contributed by atoms with Crippen LogP contribution in [-0.2, 0) is 4.74 Å². The van der Waals surface area contributed by atoms with Crippen LogP contribution in [0, 0.1) is 10.1 Å². The number of nitro groups is 1. The Bertz CT molecular complexity index is 439. The SMILES string of the molecule is CC1OCCC1Sc1cccc(N)c1[N+](=O)[O-]. The van der Waals surface area contributed by atoms with E-state index in [-0.39, 0.29) is 22.7 Å². The fraction of sp³-hybridized carbons (Fsp3) is 0.455. The van der Waals surface area contributed by atoms with Crippen LogP contribution in [0.1, 0.15) is 13.3 Å². The lowest BCUT2D eigenvalue weighted by Crippen LogP contribution is -2.13. The highest BCUT2D eigenvalue weighted by molar-refractivity contribution is 8.00. The normalized spacial score (nSPS) is 23.8. The first kappa shape index (κ1) is 12.2. The molecule has 2 unspecified atom stereocenters. The topological polar surface area (TPSA) is 78.4 Å². The maximum atomic E-state index is 11.0. The van der Waals surface area contributed by atoms with Crippen LogP contribution in [0.3, 0.4) is 0 Å². The standard InChI is InChI=1S/C11H14N2O3S/c1-7-9(5-6-16-7)17-10-4-2-3-8(12)11(10)13(14)15/h2-4,7,9H,5-6,12H2,1H3. The fourth-order valence-electron chi connectivity index (χ4n) is 1.86. The number of benzene rings is 1. The monoisotopic (exact) mass is 254 g/mol. The van der Waals surface area contributed by atoms with E-state index in [0.717, 1.165) is 13.0 Å². The van der Waals surface area contributed by atoms with Crippen molar-refractivity contribution in [2.24, 2.45) is 0 Å². The van der Waals surface area contributed by atoms with Gasteiger partial charge in [-0.1, -0.05) is 6.07 Å². The Morgan fingerprint density at radius 3 is 2.94 bits per heavy atom. The summed E-state index contributed by atoms with van der Waals surface area (Å²) in [5.74, 6) is 0. The predicted molar refractivity (Wildman–Crippen MR) is 67.2 cm³/mol. The molecule has 0 bridgehead atoms. The highest BCUT2D eigenvalue weighted by atomic mass is 32.2. The molecule has 92 valence electrons. The summed E-state index contributed by atoms with van der Waals surface area (Å²) < 4.78 is 5.45. The van der Waals surface area contributed by atoms with Crippen molar-refractivity contribution in [3.63, 3.8) is 0 Å². The predicted octanol–water partition coefficient (Wildman–Crippen LogP) is 2.45. The molecule has 1 heterocycles. The number of nitrogens with two attached hydrogens (primary N) is 1. The van der Waals surface area contributed by atoms with E-state index < -0.39 is 4.92 Å². The minimum Gasteiger partial charge on any atom is -0.393 e. The zero-order chi connectivity index (χ0) is 12.4. The molecule has 6 heteroatoms. The largest absolute Gasteiger partial charge is 0.393 e. The van der Waals surface area contributed by atoms with E-state index in [0.29, 0.717) is 4.90 Å². The summed E-state index contributed by atoms with van der Waals surface area (Å²) in [7, 11) is 0. The quantitative estimate of drug-likeness (QED) is 0.509. The lowest BCUT2D eigenvalue weighted by atomic mass is 10.2. The lowest BCUT2D eigenvalue weighted by Gasteiger charge is -2.13. The molecule has 2 N–H and O–H groups in total. The Morgan fingerprint density at radius 2 is 2.35 bits per heavy atom. The third-order valence-corrected chi connectivity index (χ3v) is 4.30. The van der Waals surface area contributed by atoms with Gasteiger partial charge < -0.3 is 10.5 Å². The maximum Gasteiger partial charge on any atom is 0.305 e. The Kier molecular flexibility index (Phi) is 3.54. The van der Waals surface area contributed by atoms with Crippen molar-refractivity contribution in [3.05, 3.63) is 28.3 Å². The Hall–Kier alpha value is -1.27. The van der Waals surface area contributed by atoms with Crippen LogP contribution in [0.25, 0.3) is 0 Å². The second kappa shape index (κ2) is 4.93. The number of nitrogens with zero attached hydrogens (tertiary/aromatic N) is 1. The number of anilines is 1. The van der Waals surface area contributed by atoms with Crippen molar-refractivity contribution in [2.75, 3.05) is 12.3 Å². The summed E-state index contributed by atoms with van der Waals surface area (Å²) in [6.45, 7) is 2.71. The summed E-state index contributed by atoms with van der Waals surface area (Å²) in [5, 5.41) is 11.2. The zero-order valence-corrected chi connectivity index (χ0v) is 10.3. The highest BCUT2D eigenvalue weighted by Gasteiger charge is 2.28. The number of para-hydroxylation sites is 1. The number of hydrogen-bond acceptors (Lipinski definition) is 5. The third kappa shape index (κ3) is 2.53. The number of hydrogen-bond donors (Lipinski definition) is 1. The van der Waals surface area contributed by atoms with Crippen LogP contribution in [0.4, 0.5) is 11.4 Å². The smallest absolute Gasteiger partial charge is 0.305 e. The van der Waals surface area contributed by atoms with E-state index in [1.165, 1.54) is 11.8 Å². The van der Waals surface area contributed by atoms with Crippen molar-refractivity contribution < 1.29 is 9.66 Å². The first-order valence-corrected chi connectivity index (χ1v) is 6.28. The van der Waals surface area contributed by atoms with E-state index in [9.17, 15) is 10.1 Å². The Morgan fingerprint density at radius 1 is 1.59 bits per heavy atom. The average Bonchev–Trinajstić information content (AvgIpc) is 2.64. The van der Waals surface area contributed by atoms with Gasteiger partial charge in [-0.2, -0.15) is 0 Å². The van der Waals surface area contributed by atoms with E-state index in [1.807, 2.05) is 6.92 Å². The molecule has 5 nitrogen and oxygen atoms in total. The number of nitrogen functional groups attached to an aromatic ring is 1. The van der Waals surface area contributed by atoms with Crippen molar-refractivity contribution in [1.29, 1.82) is 0 Å². The van der Waals surface area contributed by atoms with Gasteiger partial charge >= 0.3 is 5.69 Å². The lowest BCUT2D eigenvalue weighted by molar-refractivity contribution is -0.386. The second-order valence-electron chi connectivity index (χ2n) is 3.97. The van der Waals surface area contributed by atoms with Gasteiger partial charge in [0.1, 0.15) is 5.69 Å². The Balaban J connectivity index is 2.26. The molecule has 1 aliphatic rings. The molecule has 0 spiro atoms. The summed E-state index contributed by atoms with van der Waals surface area (Å²) >= 11 is 1.48. The van der Waals surface area contributed by atoms with E-state index >= 15 is 0 Å². The van der Waals surface area contributed by atoms with Gasteiger partial charge in [0.05, 0.1) is 15.9 Å². The first-order chi connectivity index (χ1) is 8.09. The Labute approximate surface area is 103 Å². The molecular formula is C11H14N2O3S. The number of rotatable bonds is 3. The van der Waals surface area contributed by atoms with Crippen LogP contribution in [0.15, 0.2) is 23.1 Å². The summed E-state index contributed by atoms with van der Waals surface area (Å²) in [4.78, 5) is 11.2. The van der Waals surface area contributed by atoms with Gasteiger partial charge in [-0.3, -0.25) is 10.1 Å². The van der Waals surface area contributed by atoms with Gasteiger partial charge in [0.2, 0.25) is 0 Å². The highest BCUT2D eigenvalue weighted by Crippen LogP contribution is 2.39. The van der Waals surface area contributed by atoms with Crippen molar-refractivity contribution in [3.8, 4) is 0 Å². The summed E-state index contributed by atoms with van der Waals surface area (Å²) in [6.07, 6.45) is 1.04. The molecule has 0 radical (unpaired) electrons. The zero-order valence-electron chi connectivity index (χ0n) is 9.46. The maximum absolute atomic E-state index is 11.0. The average molecular weight is 254 g/mol. The number of nitro benzene ring substituents is 1. The molecule has 1 aliphatic heterocycles. The van der Waals surface area contributed by atoms with E-state index in [1.54, 1.807) is 18.2 Å². The van der Waals surface area contributed by atoms with Crippen LogP contribution < -0.4 is 5.73 Å². The van der Waals surface area contributed by atoms with E-state index in [2.05, 4.69) is 0 Å². The summed E-state index contributed by atoms with van der Waals surface area (Å²) in [6, 6.07) is 5.03. The van der Waals surface area contributed by atoms with Gasteiger partial charge in [-0.25, -0.2) is 0 Å². The molecular weight excluding hydrogens is 240 g/mol. The van der Waals surface area contributed by atoms with Crippen LogP contribution in [0.2, 0.25) is 0 Å². The minimum absolute atomic E-state index is 0.0107. The van der Waals surface area contributed by atoms with Gasteiger partial charge in [0.15, 0.2) is 0 Å². The first-order valence-electron chi connectivity index (χ1n) is 5.40. The van der Waals surface area contributed by atoms with Gasteiger partial charge in [0, 0.05) is 11.9 Å². The molecule has 2 atom stereocenters. The fourth-order valence-corrected chi connectivity index (χ4v) is 3.13. The van der Waals surface area contributed by atoms with Crippen molar-refractivity contribution in [1.82, 2.24) is 0 Å². The van der Waals surface area contributed by atoms with Crippen molar-refractivity contribution >= 4 is 23.1 Å². The summed E-state index contributed by atoms with van der Waals surface area (Å²) in [5.41, 5.74) is 5.87. The molecule has 0 aromatic heterocycles. The molecule has 0 aliphatic carbocycles. The van der Waals surface area contributed by atoms with Crippen LogP contribution in [0.5, 0.6) is 0 Å². The number of thioether (sulfide) groups is 1. The van der Waals surface area contributed by atoms with Gasteiger partial charge in [-0.15, -0.1) is 11.8 Å². The molecule has 17 heavy (non-hydrogen) atoms. The molecule has 1 aromatic rings. The van der Waals surface area contributed by atoms with Gasteiger partial charge in [-0.05, 0) is 25.5 Å². The molecule has 0 saturated carbocycles. The van der Waals surface area contributed by atoms with Gasteiger partial charge in [0.25, 0.3) is 0 Å².